The number of pyridine rings is 2. The van der Waals surface area contributed by atoms with E-state index >= 15 is 0 Å². The Kier molecular flexibility index (Phi) is 6.32. The predicted molar refractivity (Wildman–Crippen MR) is 124 cm³/mol. The van der Waals surface area contributed by atoms with Gasteiger partial charge >= 0.3 is 6.18 Å². The van der Waals surface area contributed by atoms with E-state index in [9.17, 15) is 27.6 Å². The molecule has 1 saturated heterocycles. The van der Waals surface area contributed by atoms with Crippen LogP contribution in [0.5, 0.6) is 0 Å². The van der Waals surface area contributed by atoms with Crippen molar-refractivity contribution in [1.82, 2.24) is 14.5 Å². The average molecular weight is 488 g/mol. The fourth-order valence-electron chi connectivity index (χ4n) is 4.84. The largest absolute Gasteiger partial charge is 0.416 e. The monoisotopic (exact) mass is 487 g/mol. The Morgan fingerprint density at radius 2 is 1.83 bits per heavy atom. The van der Waals surface area contributed by atoms with Crippen molar-refractivity contribution in [2.24, 2.45) is 7.05 Å². The van der Waals surface area contributed by atoms with Crippen LogP contribution in [0, 0.1) is 17.1 Å². The van der Waals surface area contributed by atoms with Crippen molar-refractivity contribution in [3.05, 3.63) is 69.4 Å². The van der Waals surface area contributed by atoms with Crippen molar-refractivity contribution in [3.63, 3.8) is 0 Å². The fraction of sp³-hybridized carbons (Fsp3) is 0.400. The molecule has 1 aromatic carbocycles. The Morgan fingerprint density at radius 1 is 1.11 bits per heavy atom. The Bertz CT molecular complexity index is 1380. The number of alkyl halides is 3. The number of benzene rings is 1. The number of nitrogens with zero attached hydrogens (tertiary/aromatic N) is 5. The van der Waals surface area contributed by atoms with Crippen LogP contribution in [0.25, 0.3) is 11.0 Å². The molecule has 35 heavy (non-hydrogen) atoms. The van der Waals surface area contributed by atoms with Crippen molar-refractivity contribution in [2.75, 3.05) is 18.0 Å². The summed E-state index contributed by atoms with van der Waals surface area (Å²) in [6, 6.07) is 8.77. The van der Waals surface area contributed by atoms with Crippen molar-refractivity contribution in [1.29, 1.82) is 5.26 Å². The summed E-state index contributed by atoms with van der Waals surface area (Å²) in [7, 11) is 1.65. The summed E-state index contributed by atoms with van der Waals surface area (Å²) in [4.78, 5) is 21.2. The van der Waals surface area contributed by atoms with Crippen LogP contribution in [-0.2, 0) is 13.2 Å². The van der Waals surface area contributed by atoms with E-state index in [0.717, 1.165) is 6.07 Å². The Labute approximate surface area is 200 Å². The van der Waals surface area contributed by atoms with Gasteiger partial charge in [-0.25, -0.2) is 9.37 Å². The van der Waals surface area contributed by atoms with Gasteiger partial charge in [0, 0.05) is 49.9 Å². The van der Waals surface area contributed by atoms with Crippen LogP contribution < -0.4 is 10.5 Å². The molecule has 3 atom stereocenters. The minimum Gasteiger partial charge on any atom is -0.364 e. The number of hydrogen-bond acceptors (Lipinski definition) is 5. The SMILES string of the molecule is CC1CN(c2cc(=O)n(C)c3ccc(C#N)nc23)[C@@H](C)CN1C(C)c1ccc(C(F)(F)F)cc1F. The maximum Gasteiger partial charge on any atom is 0.416 e. The van der Waals surface area contributed by atoms with Crippen molar-refractivity contribution in [2.45, 2.75) is 45.1 Å². The summed E-state index contributed by atoms with van der Waals surface area (Å²) in [5, 5.41) is 9.31. The summed E-state index contributed by atoms with van der Waals surface area (Å²) >= 11 is 0. The number of anilines is 1. The number of nitriles is 1. The van der Waals surface area contributed by atoms with Crippen molar-refractivity contribution >= 4 is 16.7 Å². The number of piperazine rings is 1. The lowest BCUT2D eigenvalue weighted by molar-refractivity contribution is -0.137. The minimum absolute atomic E-state index is 0.110. The highest BCUT2D eigenvalue weighted by atomic mass is 19.4. The van der Waals surface area contributed by atoms with E-state index in [2.05, 4.69) is 9.88 Å². The van der Waals surface area contributed by atoms with Crippen LogP contribution in [0.2, 0.25) is 0 Å². The summed E-state index contributed by atoms with van der Waals surface area (Å²) in [6.07, 6.45) is -4.61. The molecule has 3 heterocycles. The maximum absolute atomic E-state index is 14.7. The third-order valence-electron chi connectivity index (χ3n) is 6.80. The molecule has 3 aromatic rings. The molecule has 0 N–H and O–H groups in total. The highest BCUT2D eigenvalue weighted by Crippen LogP contribution is 2.35. The zero-order valence-corrected chi connectivity index (χ0v) is 19.8. The lowest BCUT2D eigenvalue weighted by Crippen LogP contribution is -2.57. The molecule has 0 amide bonds. The molecule has 6 nitrogen and oxygen atoms in total. The van der Waals surface area contributed by atoms with E-state index in [1.165, 1.54) is 16.7 Å². The molecule has 1 fully saturated rings. The van der Waals surface area contributed by atoms with E-state index in [-0.39, 0.29) is 28.9 Å². The second kappa shape index (κ2) is 8.96. The van der Waals surface area contributed by atoms with Gasteiger partial charge in [0.25, 0.3) is 5.56 Å². The van der Waals surface area contributed by atoms with Gasteiger partial charge in [0.2, 0.25) is 0 Å². The molecule has 10 heteroatoms. The molecule has 0 aliphatic carbocycles. The van der Waals surface area contributed by atoms with Crippen LogP contribution in [0.1, 0.15) is 43.6 Å². The maximum atomic E-state index is 14.7. The van der Waals surface area contributed by atoms with Crippen LogP contribution in [0.4, 0.5) is 23.2 Å². The number of aryl methyl sites for hydroxylation is 1. The Morgan fingerprint density at radius 3 is 2.46 bits per heavy atom. The minimum atomic E-state index is -4.61. The van der Waals surface area contributed by atoms with Gasteiger partial charge in [-0.1, -0.05) is 6.07 Å². The summed E-state index contributed by atoms with van der Waals surface area (Å²) < 4.78 is 55.0. The van der Waals surface area contributed by atoms with Crippen molar-refractivity contribution in [3.8, 4) is 6.07 Å². The first-order valence-corrected chi connectivity index (χ1v) is 11.2. The van der Waals surface area contributed by atoms with Gasteiger partial charge in [0.1, 0.15) is 23.1 Å². The molecule has 1 aliphatic heterocycles. The zero-order valence-electron chi connectivity index (χ0n) is 19.8. The third-order valence-corrected chi connectivity index (χ3v) is 6.80. The summed E-state index contributed by atoms with van der Waals surface area (Å²) in [5.74, 6) is -0.889. The van der Waals surface area contributed by atoms with E-state index in [4.69, 9.17) is 0 Å². The van der Waals surface area contributed by atoms with Crippen LogP contribution in [-0.4, -0.2) is 39.6 Å². The quantitative estimate of drug-likeness (QED) is 0.505. The van der Waals surface area contributed by atoms with Gasteiger partial charge in [0.05, 0.1) is 16.8 Å². The molecule has 0 bridgehead atoms. The lowest BCUT2D eigenvalue weighted by Gasteiger charge is -2.47. The van der Waals surface area contributed by atoms with Gasteiger partial charge in [-0.2, -0.15) is 18.4 Å². The highest BCUT2D eigenvalue weighted by Gasteiger charge is 2.36. The molecular weight excluding hydrogens is 462 g/mol. The smallest absolute Gasteiger partial charge is 0.364 e. The first-order chi connectivity index (χ1) is 16.4. The first kappa shape index (κ1) is 24.7. The second-order valence-corrected chi connectivity index (χ2v) is 9.06. The fourth-order valence-corrected chi connectivity index (χ4v) is 4.84. The van der Waals surface area contributed by atoms with Gasteiger partial charge in [-0.05, 0) is 45.0 Å². The number of halogens is 4. The standard InChI is InChI=1S/C25H25F4N5O/c1-14-13-34(22-10-23(35)32(4)21-8-6-18(11-30)31-24(21)22)15(2)12-33(14)16(3)19-7-5-17(9-20(19)26)25(27,28)29/h5-10,14-16H,12-13H2,1-4H3/t14?,15-,16?/m0/s1. The number of hydrogen-bond donors (Lipinski definition) is 0. The van der Waals surface area contributed by atoms with E-state index in [0.29, 0.717) is 35.9 Å². The Balaban J connectivity index is 1.66. The van der Waals surface area contributed by atoms with Gasteiger partial charge in [-0.3, -0.25) is 9.69 Å². The average Bonchev–Trinajstić information content (AvgIpc) is 2.81. The molecule has 0 spiro atoms. The molecule has 4 rings (SSSR count). The molecule has 1 aliphatic rings. The summed E-state index contributed by atoms with van der Waals surface area (Å²) in [6.45, 7) is 6.66. The van der Waals surface area contributed by atoms with Gasteiger partial charge < -0.3 is 9.47 Å². The van der Waals surface area contributed by atoms with Crippen LogP contribution >= 0.6 is 0 Å². The summed E-state index contributed by atoms with van der Waals surface area (Å²) in [5.41, 5.74) is 0.982. The lowest BCUT2D eigenvalue weighted by atomic mass is 9.98. The molecule has 2 unspecified atom stereocenters. The molecule has 0 saturated carbocycles. The molecule has 0 radical (unpaired) electrons. The molecule has 184 valence electrons. The van der Waals surface area contributed by atoms with Crippen molar-refractivity contribution < 1.29 is 17.6 Å². The van der Waals surface area contributed by atoms with Crippen LogP contribution in [0.3, 0.4) is 0 Å². The first-order valence-electron chi connectivity index (χ1n) is 11.2. The van der Waals surface area contributed by atoms with E-state index in [1.807, 2.05) is 24.8 Å². The van der Waals surface area contributed by atoms with Gasteiger partial charge in [-0.15, -0.1) is 0 Å². The van der Waals surface area contributed by atoms with E-state index in [1.54, 1.807) is 26.1 Å². The number of fused-ring (bicyclic) bond motifs is 1. The second-order valence-electron chi connectivity index (χ2n) is 9.06. The van der Waals surface area contributed by atoms with E-state index < -0.39 is 23.6 Å². The number of rotatable bonds is 3. The normalized spacial score (nSPS) is 20.1. The third kappa shape index (κ3) is 4.48. The topological polar surface area (TPSA) is 65.2 Å². The number of aromatic nitrogens is 2. The molecule has 2 aromatic heterocycles. The molecular formula is C25H25F4N5O. The van der Waals surface area contributed by atoms with Crippen LogP contribution in [0.15, 0.2) is 41.2 Å². The Hall–Kier alpha value is -3.45. The highest BCUT2D eigenvalue weighted by molar-refractivity contribution is 5.89. The predicted octanol–water partition coefficient (Wildman–Crippen LogP) is 4.62. The zero-order chi connectivity index (χ0) is 25.7. The van der Waals surface area contributed by atoms with Gasteiger partial charge in [0.15, 0.2) is 0 Å².